The molecule has 0 spiro atoms. The van der Waals surface area contributed by atoms with Gasteiger partial charge < -0.3 is 15.7 Å². The zero-order valence-electron chi connectivity index (χ0n) is 14.7. The predicted molar refractivity (Wildman–Crippen MR) is 92.2 cm³/mol. The Hall–Kier alpha value is -0.810. The molecular formula is C17H34N4O. The fourth-order valence-electron chi connectivity index (χ4n) is 3.53. The van der Waals surface area contributed by atoms with Gasteiger partial charge in [-0.3, -0.25) is 9.89 Å². The summed E-state index contributed by atoms with van der Waals surface area (Å²) in [6, 6.07) is 1.02. The molecule has 3 N–H and O–H groups in total. The summed E-state index contributed by atoms with van der Waals surface area (Å²) >= 11 is 0. The van der Waals surface area contributed by atoms with Gasteiger partial charge in [-0.2, -0.15) is 0 Å². The van der Waals surface area contributed by atoms with Crippen molar-refractivity contribution in [2.24, 2.45) is 10.9 Å². The van der Waals surface area contributed by atoms with E-state index in [9.17, 15) is 5.11 Å². The Morgan fingerprint density at radius 2 is 2.00 bits per heavy atom. The Kier molecular flexibility index (Phi) is 6.09. The highest BCUT2D eigenvalue weighted by atomic mass is 16.3. The lowest BCUT2D eigenvalue weighted by Crippen LogP contribution is -2.47. The molecule has 0 aromatic rings. The summed E-state index contributed by atoms with van der Waals surface area (Å²) in [5, 5.41) is 17.4. The third-order valence-corrected chi connectivity index (χ3v) is 5.10. The topological polar surface area (TPSA) is 59.9 Å². The molecule has 5 heteroatoms. The first-order chi connectivity index (χ1) is 10.4. The van der Waals surface area contributed by atoms with E-state index in [1.165, 1.54) is 0 Å². The van der Waals surface area contributed by atoms with Crippen molar-refractivity contribution >= 4 is 5.96 Å². The molecule has 2 aliphatic rings. The largest absolute Gasteiger partial charge is 0.388 e. The standard InChI is InChI=1S/C17H34N4O/c1-5-18-16(19-12-17(22)8-6-7-9-17)20-15-11-21(13(2)3)10-14(15)4/h13-15,22H,5-12H2,1-4H3,(H2,18,19,20). The van der Waals surface area contributed by atoms with Crippen molar-refractivity contribution in [3.63, 3.8) is 0 Å². The van der Waals surface area contributed by atoms with E-state index in [2.05, 4.69) is 48.2 Å². The van der Waals surface area contributed by atoms with Crippen molar-refractivity contribution in [3.8, 4) is 0 Å². The van der Waals surface area contributed by atoms with E-state index in [1.54, 1.807) is 0 Å². The number of aliphatic imine (C=N–C) groups is 1. The zero-order chi connectivity index (χ0) is 16.2. The summed E-state index contributed by atoms with van der Waals surface area (Å²) in [5.41, 5.74) is -0.576. The second kappa shape index (κ2) is 7.64. The van der Waals surface area contributed by atoms with Crippen LogP contribution in [0.5, 0.6) is 0 Å². The quantitative estimate of drug-likeness (QED) is 0.533. The summed E-state index contributed by atoms with van der Waals surface area (Å²) in [6.45, 7) is 12.4. The van der Waals surface area contributed by atoms with E-state index in [0.717, 1.165) is 51.3 Å². The molecule has 2 atom stereocenters. The molecule has 1 aliphatic carbocycles. The van der Waals surface area contributed by atoms with Crippen molar-refractivity contribution in [2.45, 2.75) is 71.1 Å². The second-order valence-corrected chi connectivity index (χ2v) is 7.40. The highest BCUT2D eigenvalue weighted by Gasteiger charge is 2.33. The van der Waals surface area contributed by atoms with Crippen LogP contribution in [0.3, 0.4) is 0 Å². The zero-order valence-corrected chi connectivity index (χ0v) is 14.7. The Morgan fingerprint density at radius 1 is 1.32 bits per heavy atom. The molecule has 0 aromatic heterocycles. The van der Waals surface area contributed by atoms with Gasteiger partial charge in [0.05, 0.1) is 12.1 Å². The number of aliphatic hydroxyl groups is 1. The van der Waals surface area contributed by atoms with E-state index in [-0.39, 0.29) is 0 Å². The fraction of sp³-hybridized carbons (Fsp3) is 0.941. The van der Waals surface area contributed by atoms with Crippen molar-refractivity contribution in [2.75, 3.05) is 26.2 Å². The van der Waals surface area contributed by atoms with Crippen LogP contribution >= 0.6 is 0 Å². The van der Waals surface area contributed by atoms with Gasteiger partial charge in [-0.15, -0.1) is 0 Å². The Morgan fingerprint density at radius 3 is 2.55 bits per heavy atom. The second-order valence-electron chi connectivity index (χ2n) is 7.40. The molecular weight excluding hydrogens is 276 g/mol. The van der Waals surface area contributed by atoms with Gasteiger partial charge in [0.1, 0.15) is 0 Å². The van der Waals surface area contributed by atoms with Crippen molar-refractivity contribution in [1.29, 1.82) is 0 Å². The molecule has 2 rings (SSSR count). The maximum atomic E-state index is 10.5. The lowest BCUT2D eigenvalue weighted by molar-refractivity contribution is 0.0574. The first kappa shape index (κ1) is 17.5. The number of rotatable bonds is 5. The molecule has 0 radical (unpaired) electrons. The highest BCUT2D eigenvalue weighted by molar-refractivity contribution is 5.80. The SMILES string of the molecule is CCNC(=NCC1(O)CCCC1)NC1CN(C(C)C)CC1C. The molecule has 0 bridgehead atoms. The van der Waals surface area contributed by atoms with E-state index >= 15 is 0 Å². The van der Waals surface area contributed by atoms with Crippen molar-refractivity contribution in [3.05, 3.63) is 0 Å². The minimum atomic E-state index is -0.576. The number of hydrogen-bond donors (Lipinski definition) is 3. The summed E-state index contributed by atoms with van der Waals surface area (Å²) in [7, 11) is 0. The summed E-state index contributed by atoms with van der Waals surface area (Å²) < 4.78 is 0. The molecule has 22 heavy (non-hydrogen) atoms. The van der Waals surface area contributed by atoms with Crippen LogP contribution in [-0.4, -0.2) is 59.8 Å². The molecule has 1 aliphatic heterocycles. The number of nitrogens with one attached hydrogen (secondary N) is 2. The smallest absolute Gasteiger partial charge is 0.191 e. The minimum Gasteiger partial charge on any atom is -0.388 e. The van der Waals surface area contributed by atoms with Gasteiger partial charge in [0, 0.05) is 31.7 Å². The molecule has 2 unspecified atom stereocenters. The van der Waals surface area contributed by atoms with Crippen LogP contribution in [0.4, 0.5) is 0 Å². The predicted octanol–water partition coefficient (Wildman–Crippen LogP) is 1.58. The lowest BCUT2D eigenvalue weighted by Gasteiger charge is -2.24. The third kappa shape index (κ3) is 4.59. The van der Waals surface area contributed by atoms with Gasteiger partial charge >= 0.3 is 0 Å². The van der Waals surface area contributed by atoms with Gasteiger partial charge in [0.25, 0.3) is 0 Å². The molecule has 1 saturated carbocycles. The van der Waals surface area contributed by atoms with Crippen molar-refractivity contribution < 1.29 is 5.11 Å². The first-order valence-electron chi connectivity index (χ1n) is 8.95. The monoisotopic (exact) mass is 310 g/mol. The van der Waals surface area contributed by atoms with Gasteiger partial charge in [-0.1, -0.05) is 19.8 Å². The number of guanidine groups is 1. The fourth-order valence-corrected chi connectivity index (χ4v) is 3.53. The van der Waals surface area contributed by atoms with Crippen LogP contribution in [-0.2, 0) is 0 Å². The molecule has 5 nitrogen and oxygen atoms in total. The van der Waals surface area contributed by atoms with Crippen LogP contribution in [0.15, 0.2) is 4.99 Å². The Balaban J connectivity index is 1.93. The highest BCUT2D eigenvalue weighted by Crippen LogP contribution is 2.29. The normalized spacial score (nSPS) is 29.3. The lowest BCUT2D eigenvalue weighted by atomic mass is 10.0. The van der Waals surface area contributed by atoms with E-state index in [0.29, 0.717) is 24.5 Å². The van der Waals surface area contributed by atoms with E-state index < -0.39 is 5.60 Å². The average Bonchev–Trinajstić information content (AvgIpc) is 3.04. The summed E-state index contributed by atoms with van der Waals surface area (Å²) in [4.78, 5) is 7.17. The maximum Gasteiger partial charge on any atom is 0.191 e. The number of nitrogens with zero attached hydrogens (tertiary/aromatic N) is 2. The Bertz CT molecular complexity index is 377. The number of likely N-dealkylation sites (tertiary alicyclic amines) is 1. The van der Waals surface area contributed by atoms with Gasteiger partial charge in [0.2, 0.25) is 0 Å². The third-order valence-electron chi connectivity index (χ3n) is 5.10. The van der Waals surface area contributed by atoms with E-state index in [1.807, 2.05) is 0 Å². The molecule has 1 heterocycles. The molecule has 128 valence electrons. The number of hydrogen-bond acceptors (Lipinski definition) is 3. The Labute approximate surface area is 135 Å². The molecule has 0 amide bonds. The molecule has 2 fully saturated rings. The average molecular weight is 310 g/mol. The van der Waals surface area contributed by atoms with E-state index in [4.69, 9.17) is 0 Å². The van der Waals surface area contributed by atoms with Crippen LogP contribution in [0.25, 0.3) is 0 Å². The van der Waals surface area contributed by atoms with Crippen molar-refractivity contribution in [1.82, 2.24) is 15.5 Å². The van der Waals surface area contributed by atoms with Crippen LogP contribution in [0.1, 0.15) is 53.4 Å². The minimum absolute atomic E-state index is 0.429. The van der Waals surface area contributed by atoms with Gasteiger partial charge in [-0.25, -0.2) is 0 Å². The summed E-state index contributed by atoms with van der Waals surface area (Å²) in [5.74, 6) is 1.46. The summed E-state index contributed by atoms with van der Waals surface area (Å²) in [6.07, 6.45) is 4.02. The van der Waals surface area contributed by atoms with Crippen LogP contribution < -0.4 is 10.6 Å². The van der Waals surface area contributed by atoms with Gasteiger partial charge in [-0.05, 0) is 39.5 Å². The van der Waals surface area contributed by atoms with Crippen LogP contribution in [0.2, 0.25) is 0 Å². The first-order valence-corrected chi connectivity index (χ1v) is 8.95. The molecule has 0 aromatic carbocycles. The molecule has 1 saturated heterocycles. The maximum absolute atomic E-state index is 10.5. The van der Waals surface area contributed by atoms with Crippen LogP contribution in [0, 0.1) is 5.92 Å². The van der Waals surface area contributed by atoms with Gasteiger partial charge in [0.15, 0.2) is 5.96 Å².